The summed E-state index contributed by atoms with van der Waals surface area (Å²) in [5, 5.41) is 7.32. The van der Waals surface area contributed by atoms with Gasteiger partial charge in [0.1, 0.15) is 12.4 Å². The molecule has 0 saturated heterocycles. The summed E-state index contributed by atoms with van der Waals surface area (Å²) in [6.45, 7) is 8.39. The van der Waals surface area contributed by atoms with Crippen molar-refractivity contribution in [3.8, 4) is 5.75 Å². The smallest absolute Gasteiger partial charge is 0.171 e. The molecule has 4 heteroatoms. The Balaban J connectivity index is 1.77. The highest BCUT2D eigenvalue weighted by Gasteiger charge is 2.17. The minimum atomic E-state index is -0.0352. The maximum Gasteiger partial charge on any atom is 0.171 e. The predicted molar refractivity (Wildman–Crippen MR) is 126 cm³/mol. The zero-order chi connectivity index (χ0) is 20.6. The van der Waals surface area contributed by atoms with Crippen molar-refractivity contribution in [1.82, 2.24) is 5.32 Å². The van der Waals surface area contributed by atoms with Crippen LogP contribution in [0.3, 0.4) is 0 Å². The summed E-state index contributed by atoms with van der Waals surface area (Å²) in [6.07, 6.45) is 1.72. The van der Waals surface area contributed by atoms with Gasteiger partial charge in [-0.1, -0.05) is 66.7 Å². The SMILES string of the molecule is C=CCOc1ccc(NC(=S)NC(c2ccccc2)c2ccc(C)cc2C)cc1. The lowest BCUT2D eigenvalue weighted by Gasteiger charge is -2.24. The Bertz CT molecular complexity index is 968. The highest BCUT2D eigenvalue weighted by molar-refractivity contribution is 7.80. The second kappa shape index (κ2) is 9.89. The number of aryl methyl sites for hydroxylation is 2. The quantitative estimate of drug-likeness (QED) is 0.378. The van der Waals surface area contributed by atoms with E-state index in [-0.39, 0.29) is 6.04 Å². The van der Waals surface area contributed by atoms with Gasteiger partial charge in [-0.25, -0.2) is 0 Å². The highest BCUT2D eigenvalue weighted by Crippen LogP contribution is 2.26. The van der Waals surface area contributed by atoms with E-state index in [0.29, 0.717) is 11.7 Å². The summed E-state index contributed by atoms with van der Waals surface area (Å²) in [4.78, 5) is 0. The molecule has 0 aliphatic carbocycles. The fourth-order valence-electron chi connectivity index (χ4n) is 3.22. The fourth-order valence-corrected chi connectivity index (χ4v) is 3.46. The first-order valence-electron chi connectivity index (χ1n) is 9.60. The van der Waals surface area contributed by atoms with Crippen molar-refractivity contribution in [2.75, 3.05) is 11.9 Å². The number of benzene rings is 3. The van der Waals surface area contributed by atoms with E-state index in [4.69, 9.17) is 17.0 Å². The molecule has 3 aromatic carbocycles. The monoisotopic (exact) mass is 402 g/mol. The van der Waals surface area contributed by atoms with Gasteiger partial charge in [0.15, 0.2) is 5.11 Å². The summed E-state index contributed by atoms with van der Waals surface area (Å²) < 4.78 is 5.52. The van der Waals surface area contributed by atoms with Crippen LogP contribution in [-0.4, -0.2) is 11.7 Å². The molecule has 148 valence electrons. The summed E-state index contributed by atoms with van der Waals surface area (Å²) >= 11 is 5.62. The first-order chi connectivity index (χ1) is 14.1. The number of ether oxygens (including phenoxy) is 1. The molecule has 0 aliphatic rings. The van der Waals surface area contributed by atoms with E-state index in [2.05, 4.69) is 61.4 Å². The van der Waals surface area contributed by atoms with Gasteiger partial charge < -0.3 is 15.4 Å². The molecule has 3 nitrogen and oxygen atoms in total. The van der Waals surface area contributed by atoms with Gasteiger partial charge in [-0.2, -0.15) is 0 Å². The van der Waals surface area contributed by atoms with Gasteiger partial charge in [-0.05, 0) is 67.0 Å². The Morgan fingerprint density at radius 3 is 2.41 bits per heavy atom. The minimum absolute atomic E-state index is 0.0352. The molecule has 0 amide bonds. The lowest BCUT2D eigenvalue weighted by atomic mass is 9.94. The van der Waals surface area contributed by atoms with E-state index in [9.17, 15) is 0 Å². The molecule has 1 atom stereocenters. The Kier molecular flexibility index (Phi) is 7.04. The molecule has 0 bridgehead atoms. The average molecular weight is 403 g/mol. The molecule has 2 N–H and O–H groups in total. The Morgan fingerprint density at radius 1 is 1.03 bits per heavy atom. The van der Waals surface area contributed by atoms with Gasteiger partial charge in [-0.3, -0.25) is 0 Å². The molecule has 0 radical (unpaired) electrons. The van der Waals surface area contributed by atoms with Gasteiger partial charge >= 0.3 is 0 Å². The first kappa shape index (κ1) is 20.6. The first-order valence-corrected chi connectivity index (χ1v) is 10.0. The van der Waals surface area contributed by atoms with Gasteiger partial charge in [0.25, 0.3) is 0 Å². The molecule has 0 spiro atoms. The number of hydrogen-bond donors (Lipinski definition) is 2. The van der Waals surface area contributed by atoms with Crippen molar-refractivity contribution in [3.63, 3.8) is 0 Å². The van der Waals surface area contributed by atoms with Crippen LogP contribution in [0.25, 0.3) is 0 Å². The molecule has 3 rings (SSSR count). The topological polar surface area (TPSA) is 33.3 Å². The van der Waals surface area contributed by atoms with Crippen molar-refractivity contribution in [3.05, 3.63) is 108 Å². The van der Waals surface area contributed by atoms with Crippen LogP contribution in [0.15, 0.2) is 85.5 Å². The van der Waals surface area contributed by atoms with Gasteiger partial charge in [0, 0.05) is 5.69 Å². The fraction of sp³-hybridized carbons (Fsp3) is 0.160. The van der Waals surface area contributed by atoms with Crippen molar-refractivity contribution in [2.24, 2.45) is 0 Å². The zero-order valence-corrected chi connectivity index (χ0v) is 17.6. The van der Waals surface area contributed by atoms with Crippen LogP contribution >= 0.6 is 12.2 Å². The maximum absolute atomic E-state index is 5.62. The molecule has 3 aromatic rings. The van der Waals surface area contributed by atoms with Crippen LogP contribution in [0, 0.1) is 13.8 Å². The third kappa shape index (κ3) is 5.69. The summed E-state index contributed by atoms with van der Waals surface area (Å²) in [6, 6.07) is 24.5. The number of hydrogen-bond acceptors (Lipinski definition) is 2. The number of thiocarbonyl (C=S) groups is 1. The van der Waals surface area contributed by atoms with Crippen LogP contribution in [0.5, 0.6) is 5.75 Å². The molecule has 0 heterocycles. The van der Waals surface area contributed by atoms with Crippen LogP contribution in [-0.2, 0) is 0 Å². The number of anilines is 1. The molecular weight excluding hydrogens is 376 g/mol. The second-order valence-corrected chi connectivity index (χ2v) is 7.33. The molecule has 0 aliphatic heterocycles. The van der Waals surface area contributed by atoms with Crippen LogP contribution in [0.2, 0.25) is 0 Å². The van der Waals surface area contributed by atoms with Gasteiger partial charge in [-0.15, -0.1) is 0 Å². The Morgan fingerprint density at radius 2 is 1.76 bits per heavy atom. The molecule has 0 fully saturated rings. The highest BCUT2D eigenvalue weighted by atomic mass is 32.1. The number of rotatable bonds is 7. The molecule has 0 saturated carbocycles. The predicted octanol–water partition coefficient (Wildman–Crippen LogP) is 5.94. The third-order valence-corrected chi connectivity index (χ3v) is 4.84. The summed E-state index contributed by atoms with van der Waals surface area (Å²) in [5.74, 6) is 0.798. The second-order valence-electron chi connectivity index (χ2n) is 6.93. The van der Waals surface area contributed by atoms with E-state index in [1.54, 1.807) is 6.08 Å². The Hall–Kier alpha value is -3.11. The average Bonchev–Trinajstić information content (AvgIpc) is 2.73. The van der Waals surface area contributed by atoms with Gasteiger partial charge in [0.05, 0.1) is 6.04 Å². The van der Waals surface area contributed by atoms with Gasteiger partial charge in [0.2, 0.25) is 0 Å². The molecular formula is C25H26N2OS. The third-order valence-electron chi connectivity index (χ3n) is 4.62. The van der Waals surface area contributed by atoms with E-state index >= 15 is 0 Å². The van der Waals surface area contributed by atoms with E-state index in [0.717, 1.165) is 17.0 Å². The van der Waals surface area contributed by atoms with Crippen molar-refractivity contribution < 1.29 is 4.74 Å². The van der Waals surface area contributed by atoms with Crippen molar-refractivity contribution in [1.29, 1.82) is 0 Å². The van der Waals surface area contributed by atoms with Crippen LogP contribution < -0.4 is 15.4 Å². The standard InChI is InChI=1S/C25H26N2OS/c1-4-16-28-22-13-11-21(12-14-22)26-25(29)27-24(20-8-6-5-7-9-20)23-15-10-18(2)17-19(23)3/h4-15,17,24H,1,16H2,2-3H3,(H2,26,27,29). The lowest BCUT2D eigenvalue weighted by Crippen LogP contribution is -2.33. The normalized spacial score (nSPS) is 11.4. The summed E-state index contributed by atoms with van der Waals surface area (Å²) in [7, 11) is 0. The van der Waals surface area contributed by atoms with Crippen molar-refractivity contribution >= 4 is 23.0 Å². The van der Waals surface area contributed by atoms with Crippen molar-refractivity contribution in [2.45, 2.75) is 19.9 Å². The lowest BCUT2D eigenvalue weighted by molar-refractivity contribution is 0.363. The number of nitrogens with one attached hydrogen (secondary N) is 2. The van der Waals surface area contributed by atoms with E-state index < -0.39 is 0 Å². The zero-order valence-electron chi connectivity index (χ0n) is 16.8. The molecule has 29 heavy (non-hydrogen) atoms. The minimum Gasteiger partial charge on any atom is -0.490 e. The van der Waals surface area contributed by atoms with Crippen LogP contribution in [0.4, 0.5) is 5.69 Å². The summed E-state index contributed by atoms with van der Waals surface area (Å²) in [5.41, 5.74) is 5.76. The molecule has 0 aromatic heterocycles. The van der Waals surface area contributed by atoms with E-state index in [1.807, 2.05) is 42.5 Å². The maximum atomic E-state index is 5.62. The molecule has 1 unspecified atom stereocenters. The largest absolute Gasteiger partial charge is 0.490 e. The van der Waals surface area contributed by atoms with Crippen LogP contribution in [0.1, 0.15) is 28.3 Å². The Labute approximate surface area is 178 Å². The van der Waals surface area contributed by atoms with E-state index in [1.165, 1.54) is 16.7 Å².